The molecule has 0 fully saturated rings. The second-order valence-corrected chi connectivity index (χ2v) is 4.47. The van der Waals surface area contributed by atoms with Gasteiger partial charge in [-0.3, -0.25) is 4.68 Å². The van der Waals surface area contributed by atoms with Gasteiger partial charge < -0.3 is 5.73 Å². The van der Waals surface area contributed by atoms with Crippen LogP contribution < -0.4 is 5.73 Å². The number of nitrogens with two attached hydrogens (primary N) is 1. The van der Waals surface area contributed by atoms with Gasteiger partial charge in [0.1, 0.15) is 0 Å². The van der Waals surface area contributed by atoms with Crippen LogP contribution in [0.15, 0.2) is 6.07 Å². The maximum absolute atomic E-state index is 5.78. The van der Waals surface area contributed by atoms with Gasteiger partial charge >= 0.3 is 0 Å². The molecule has 1 unspecified atom stereocenters. The largest absolute Gasteiger partial charge is 0.330 e. The molecule has 1 aliphatic rings. The van der Waals surface area contributed by atoms with Crippen molar-refractivity contribution >= 4 is 0 Å². The molecular weight excluding hydrogens is 174 g/mol. The van der Waals surface area contributed by atoms with Crippen LogP contribution in [-0.4, -0.2) is 16.3 Å². The zero-order valence-corrected chi connectivity index (χ0v) is 9.03. The minimum absolute atomic E-state index is 0.424. The molecule has 0 radical (unpaired) electrons. The Labute approximate surface area is 85.3 Å². The van der Waals surface area contributed by atoms with Crippen LogP contribution in [0.25, 0.3) is 0 Å². The Morgan fingerprint density at radius 3 is 2.93 bits per heavy atom. The average Bonchev–Trinajstić information content (AvgIpc) is 2.63. The van der Waals surface area contributed by atoms with E-state index in [2.05, 4.69) is 29.7 Å². The van der Waals surface area contributed by atoms with Gasteiger partial charge in [-0.05, 0) is 24.8 Å². The molecule has 0 aliphatic carbocycles. The summed E-state index contributed by atoms with van der Waals surface area (Å²) in [4.78, 5) is 0. The second kappa shape index (κ2) is 3.73. The van der Waals surface area contributed by atoms with E-state index in [1.165, 1.54) is 24.2 Å². The van der Waals surface area contributed by atoms with Gasteiger partial charge in [0.05, 0.1) is 5.69 Å². The first kappa shape index (κ1) is 9.71. The van der Waals surface area contributed by atoms with Crippen LogP contribution in [0.5, 0.6) is 0 Å². The van der Waals surface area contributed by atoms with Crippen molar-refractivity contribution in [1.29, 1.82) is 0 Å². The highest BCUT2D eigenvalue weighted by Gasteiger charge is 2.21. The molecule has 0 aromatic carbocycles. The molecule has 1 aromatic rings. The van der Waals surface area contributed by atoms with Gasteiger partial charge in [-0.15, -0.1) is 0 Å². The molecule has 78 valence electrons. The predicted molar refractivity (Wildman–Crippen MR) is 57.2 cm³/mol. The van der Waals surface area contributed by atoms with Crippen molar-refractivity contribution in [1.82, 2.24) is 9.78 Å². The summed E-state index contributed by atoms with van der Waals surface area (Å²) in [6.07, 6.45) is 2.43. The number of aromatic nitrogens is 2. The molecule has 0 spiro atoms. The molecule has 1 aliphatic heterocycles. The molecule has 2 rings (SSSR count). The summed E-state index contributed by atoms with van der Waals surface area (Å²) >= 11 is 0. The highest BCUT2D eigenvalue weighted by Crippen LogP contribution is 2.25. The van der Waals surface area contributed by atoms with E-state index in [0.717, 1.165) is 6.54 Å². The minimum atomic E-state index is 0.424. The monoisotopic (exact) mass is 193 g/mol. The summed E-state index contributed by atoms with van der Waals surface area (Å²) in [6, 6.07) is 2.24. The Morgan fingerprint density at radius 1 is 1.57 bits per heavy atom. The highest BCUT2D eigenvalue weighted by molar-refractivity contribution is 5.17. The van der Waals surface area contributed by atoms with E-state index in [0.29, 0.717) is 18.4 Å². The summed E-state index contributed by atoms with van der Waals surface area (Å²) in [5.41, 5.74) is 8.36. The van der Waals surface area contributed by atoms with Gasteiger partial charge in [-0.1, -0.05) is 13.8 Å². The number of nitrogens with zero attached hydrogens (tertiary/aromatic N) is 2. The molecule has 14 heavy (non-hydrogen) atoms. The highest BCUT2D eigenvalue weighted by atomic mass is 15.3. The average molecular weight is 193 g/mol. The molecule has 0 amide bonds. The normalized spacial score (nSPS) is 17.4. The standard InChI is InChI=1S/C11H19N3/c1-8(2)10(7-12)11-6-9-4-3-5-14(9)13-11/h6,8,10H,3-5,7,12H2,1-2H3. The van der Waals surface area contributed by atoms with E-state index >= 15 is 0 Å². The summed E-state index contributed by atoms with van der Waals surface area (Å²) in [6.45, 7) is 6.21. The van der Waals surface area contributed by atoms with E-state index in [1.807, 2.05) is 0 Å². The van der Waals surface area contributed by atoms with E-state index in [9.17, 15) is 0 Å². The van der Waals surface area contributed by atoms with Crippen LogP contribution in [0, 0.1) is 5.92 Å². The fourth-order valence-corrected chi connectivity index (χ4v) is 2.20. The van der Waals surface area contributed by atoms with Gasteiger partial charge in [0.2, 0.25) is 0 Å². The molecule has 1 aromatic heterocycles. The predicted octanol–water partition coefficient (Wildman–Crippen LogP) is 1.53. The molecule has 0 saturated heterocycles. The lowest BCUT2D eigenvalue weighted by molar-refractivity contribution is 0.485. The molecule has 0 saturated carbocycles. The third-order valence-corrected chi connectivity index (χ3v) is 3.12. The number of aryl methyl sites for hydroxylation is 2. The van der Waals surface area contributed by atoms with E-state index in [4.69, 9.17) is 5.73 Å². The lowest BCUT2D eigenvalue weighted by Gasteiger charge is -2.15. The van der Waals surface area contributed by atoms with Crippen LogP contribution in [0.1, 0.15) is 37.6 Å². The summed E-state index contributed by atoms with van der Waals surface area (Å²) in [5, 5.41) is 4.62. The third kappa shape index (κ3) is 1.57. The van der Waals surface area contributed by atoms with E-state index in [-0.39, 0.29) is 0 Å². The van der Waals surface area contributed by atoms with Crippen LogP contribution in [0.3, 0.4) is 0 Å². The first-order valence-electron chi connectivity index (χ1n) is 5.49. The Hall–Kier alpha value is -0.830. The van der Waals surface area contributed by atoms with Crippen molar-refractivity contribution in [3.05, 3.63) is 17.5 Å². The van der Waals surface area contributed by atoms with Crippen molar-refractivity contribution in [2.45, 2.75) is 39.2 Å². The maximum atomic E-state index is 5.78. The Balaban J connectivity index is 2.23. The molecular formula is C11H19N3. The fourth-order valence-electron chi connectivity index (χ4n) is 2.20. The van der Waals surface area contributed by atoms with Crippen molar-refractivity contribution in [2.75, 3.05) is 6.54 Å². The lowest BCUT2D eigenvalue weighted by atomic mass is 9.92. The second-order valence-electron chi connectivity index (χ2n) is 4.47. The summed E-state index contributed by atoms with van der Waals surface area (Å²) in [5.74, 6) is 1.00. The third-order valence-electron chi connectivity index (χ3n) is 3.12. The fraction of sp³-hybridized carbons (Fsp3) is 0.727. The smallest absolute Gasteiger partial charge is 0.0673 e. The van der Waals surface area contributed by atoms with Crippen LogP contribution >= 0.6 is 0 Å². The number of hydrogen-bond donors (Lipinski definition) is 1. The van der Waals surface area contributed by atoms with Crippen molar-refractivity contribution < 1.29 is 0 Å². The molecule has 0 bridgehead atoms. The van der Waals surface area contributed by atoms with Gasteiger partial charge in [0.25, 0.3) is 0 Å². The Kier molecular flexibility index (Phi) is 2.59. The molecule has 2 heterocycles. The lowest BCUT2D eigenvalue weighted by Crippen LogP contribution is -2.18. The zero-order chi connectivity index (χ0) is 10.1. The Morgan fingerprint density at radius 2 is 2.36 bits per heavy atom. The van der Waals surface area contributed by atoms with Crippen LogP contribution in [0.4, 0.5) is 0 Å². The van der Waals surface area contributed by atoms with Crippen LogP contribution in [0.2, 0.25) is 0 Å². The van der Waals surface area contributed by atoms with Crippen LogP contribution in [-0.2, 0) is 13.0 Å². The van der Waals surface area contributed by atoms with E-state index in [1.54, 1.807) is 0 Å². The van der Waals surface area contributed by atoms with Gasteiger partial charge in [0.15, 0.2) is 0 Å². The molecule has 3 nitrogen and oxygen atoms in total. The van der Waals surface area contributed by atoms with Gasteiger partial charge in [-0.25, -0.2) is 0 Å². The van der Waals surface area contributed by atoms with Crippen molar-refractivity contribution in [3.63, 3.8) is 0 Å². The minimum Gasteiger partial charge on any atom is -0.330 e. The number of fused-ring (bicyclic) bond motifs is 1. The van der Waals surface area contributed by atoms with Crippen molar-refractivity contribution in [2.24, 2.45) is 11.7 Å². The van der Waals surface area contributed by atoms with Gasteiger partial charge in [0, 0.05) is 24.7 Å². The number of hydrogen-bond acceptors (Lipinski definition) is 2. The summed E-state index contributed by atoms with van der Waals surface area (Å²) in [7, 11) is 0. The molecule has 3 heteroatoms. The first-order chi connectivity index (χ1) is 6.72. The topological polar surface area (TPSA) is 43.8 Å². The Bertz CT molecular complexity index is 293. The molecule has 2 N–H and O–H groups in total. The zero-order valence-electron chi connectivity index (χ0n) is 9.03. The van der Waals surface area contributed by atoms with Crippen molar-refractivity contribution in [3.8, 4) is 0 Å². The number of rotatable bonds is 3. The van der Waals surface area contributed by atoms with E-state index < -0.39 is 0 Å². The first-order valence-corrected chi connectivity index (χ1v) is 5.49. The SMILES string of the molecule is CC(C)C(CN)c1cc2n(n1)CCC2. The quantitative estimate of drug-likeness (QED) is 0.791. The molecule has 1 atom stereocenters. The summed E-state index contributed by atoms with van der Waals surface area (Å²) < 4.78 is 2.14. The van der Waals surface area contributed by atoms with Gasteiger partial charge in [-0.2, -0.15) is 5.10 Å². The maximum Gasteiger partial charge on any atom is 0.0673 e.